The standard InChI is InChI=1S/C11H16N2O3S/c1-4-16-11(15)7-5-17-9(12)8(7)10(14)13-6(2)3/h5-6H,4,12H2,1-3H3,(H,13,14). The molecule has 0 radical (unpaired) electrons. The van der Waals surface area contributed by atoms with Crippen molar-refractivity contribution >= 4 is 28.2 Å². The highest BCUT2D eigenvalue weighted by Gasteiger charge is 2.23. The Morgan fingerprint density at radius 2 is 2.18 bits per heavy atom. The summed E-state index contributed by atoms with van der Waals surface area (Å²) in [5, 5.41) is 4.57. The van der Waals surface area contributed by atoms with Crippen molar-refractivity contribution in [3.63, 3.8) is 0 Å². The summed E-state index contributed by atoms with van der Waals surface area (Å²) in [6, 6.07) is -0.0168. The minimum absolute atomic E-state index is 0.0168. The average Bonchev–Trinajstić information content (AvgIpc) is 2.59. The van der Waals surface area contributed by atoms with Gasteiger partial charge in [0.2, 0.25) is 0 Å². The molecular formula is C11H16N2O3S. The lowest BCUT2D eigenvalue weighted by molar-refractivity contribution is 0.0523. The predicted octanol–water partition coefficient (Wildman–Crippen LogP) is 1.65. The minimum atomic E-state index is -0.519. The summed E-state index contributed by atoms with van der Waals surface area (Å²) in [6.45, 7) is 5.65. The summed E-state index contributed by atoms with van der Waals surface area (Å²) in [5.74, 6) is -0.865. The molecule has 6 heteroatoms. The van der Waals surface area contributed by atoms with E-state index in [2.05, 4.69) is 5.32 Å². The molecule has 0 spiro atoms. The largest absolute Gasteiger partial charge is 0.462 e. The molecule has 1 aromatic rings. The number of amides is 1. The number of hydrogen-bond donors (Lipinski definition) is 2. The van der Waals surface area contributed by atoms with Gasteiger partial charge in [0.15, 0.2) is 0 Å². The van der Waals surface area contributed by atoms with Crippen molar-refractivity contribution in [1.82, 2.24) is 5.32 Å². The molecule has 0 aliphatic carbocycles. The van der Waals surface area contributed by atoms with Crippen LogP contribution in [0.15, 0.2) is 5.38 Å². The van der Waals surface area contributed by atoms with Gasteiger partial charge in [-0.05, 0) is 20.8 Å². The van der Waals surface area contributed by atoms with Crippen molar-refractivity contribution in [1.29, 1.82) is 0 Å². The summed E-state index contributed by atoms with van der Waals surface area (Å²) in [5.41, 5.74) is 6.14. The van der Waals surface area contributed by atoms with Gasteiger partial charge in [0.05, 0.1) is 22.7 Å². The van der Waals surface area contributed by atoms with E-state index < -0.39 is 5.97 Å². The van der Waals surface area contributed by atoms with Crippen LogP contribution in [0.3, 0.4) is 0 Å². The van der Waals surface area contributed by atoms with E-state index in [1.54, 1.807) is 12.3 Å². The molecule has 5 nitrogen and oxygen atoms in total. The third-order valence-electron chi connectivity index (χ3n) is 1.96. The molecule has 0 bridgehead atoms. The van der Waals surface area contributed by atoms with E-state index in [4.69, 9.17) is 10.5 Å². The van der Waals surface area contributed by atoms with Crippen LogP contribution in [0.4, 0.5) is 5.00 Å². The maximum atomic E-state index is 11.9. The molecule has 0 aliphatic heterocycles. The number of nitrogens with two attached hydrogens (primary N) is 1. The second kappa shape index (κ2) is 5.67. The first-order valence-electron chi connectivity index (χ1n) is 5.32. The molecule has 0 saturated heterocycles. The lowest BCUT2D eigenvalue weighted by Crippen LogP contribution is -2.31. The van der Waals surface area contributed by atoms with Crippen LogP contribution < -0.4 is 11.1 Å². The third kappa shape index (κ3) is 3.20. The normalized spacial score (nSPS) is 10.4. The Morgan fingerprint density at radius 3 is 2.71 bits per heavy atom. The smallest absolute Gasteiger partial charge is 0.339 e. The Labute approximate surface area is 104 Å². The van der Waals surface area contributed by atoms with Gasteiger partial charge in [-0.2, -0.15) is 0 Å². The van der Waals surface area contributed by atoms with Crippen LogP contribution in [-0.2, 0) is 4.74 Å². The molecule has 1 aromatic heterocycles. The number of nitrogens with one attached hydrogen (secondary N) is 1. The molecule has 17 heavy (non-hydrogen) atoms. The Bertz CT molecular complexity index is 426. The zero-order chi connectivity index (χ0) is 13.0. The highest BCUT2D eigenvalue weighted by Crippen LogP contribution is 2.25. The molecule has 0 unspecified atom stereocenters. The van der Waals surface area contributed by atoms with Gasteiger partial charge in [-0.25, -0.2) is 4.79 Å². The Hall–Kier alpha value is -1.56. The van der Waals surface area contributed by atoms with E-state index in [1.165, 1.54) is 0 Å². The molecule has 0 aliphatic rings. The van der Waals surface area contributed by atoms with Crippen molar-refractivity contribution in [2.24, 2.45) is 0 Å². The number of hydrogen-bond acceptors (Lipinski definition) is 5. The number of carbonyl (C=O) groups is 2. The molecule has 0 fully saturated rings. The lowest BCUT2D eigenvalue weighted by Gasteiger charge is -2.09. The fraction of sp³-hybridized carbons (Fsp3) is 0.455. The molecule has 1 heterocycles. The number of carbonyl (C=O) groups excluding carboxylic acids is 2. The molecule has 1 rings (SSSR count). The second-order valence-corrected chi connectivity index (χ2v) is 4.65. The van der Waals surface area contributed by atoms with Crippen molar-refractivity contribution in [2.45, 2.75) is 26.8 Å². The SMILES string of the molecule is CCOC(=O)c1csc(N)c1C(=O)NC(C)C. The van der Waals surface area contributed by atoms with Gasteiger partial charge in [0.1, 0.15) is 0 Å². The summed E-state index contributed by atoms with van der Waals surface area (Å²) < 4.78 is 4.87. The summed E-state index contributed by atoms with van der Waals surface area (Å²) in [4.78, 5) is 23.5. The van der Waals surface area contributed by atoms with Gasteiger partial charge in [0, 0.05) is 11.4 Å². The number of nitrogen functional groups attached to an aromatic ring is 1. The van der Waals surface area contributed by atoms with E-state index >= 15 is 0 Å². The van der Waals surface area contributed by atoms with Crippen LogP contribution in [0, 0.1) is 0 Å². The van der Waals surface area contributed by atoms with E-state index in [1.807, 2.05) is 13.8 Å². The molecular weight excluding hydrogens is 240 g/mol. The molecule has 0 atom stereocenters. The average molecular weight is 256 g/mol. The maximum absolute atomic E-state index is 11.9. The monoisotopic (exact) mass is 256 g/mol. The van der Waals surface area contributed by atoms with E-state index in [-0.39, 0.29) is 29.7 Å². The first-order chi connectivity index (χ1) is 7.97. The van der Waals surface area contributed by atoms with Gasteiger partial charge < -0.3 is 15.8 Å². The summed E-state index contributed by atoms with van der Waals surface area (Å²) in [7, 11) is 0. The highest BCUT2D eigenvalue weighted by atomic mass is 32.1. The Morgan fingerprint density at radius 1 is 1.53 bits per heavy atom. The van der Waals surface area contributed by atoms with Crippen LogP contribution >= 0.6 is 11.3 Å². The van der Waals surface area contributed by atoms with Crippen LogP contribution in [-0.4, -0.2) is 24.5 Å². The number of esters is 1. The van der Waals surface area contributed by atoms with Gasteiger partial charge in [-0.3, -0.25) is 4.79 Å². The summed E-state index contributed by atoms with van der Waals surface area (Å²) in [6.07, 6.45) is 0. The van der Waals surface area contributed by atoms with E-state index in [9.17, 15) is 9.59 Å². The Balaban J connectivity index is 3.01. The zero-order valence-corrected chi connectivity index (χ0v) is 10.9. The quantitative estimate of drug-likeness (QED) is 0.802. The molecule has 0 saturated carbocycles. The lowest BCUT2D eigenvalue weighted by atomic mass is 10.1. The molecule has 3 N–H and O–H groups in total. The highest BCUT2D eigenvalue weighted by molar-refractivity contribution is 7.14. The number of rotatable bonds is 4. The first-order valence-corrected chi connectivity index (χ1v) is 6.20. The van der Waals surface area contributed by atoms with Gasteiger partial charge in [-0.15, -0.1) is 11.3 Å². The fourth-order valence-electron chi connectivity index (χ4n) is 1.30. The van der Waals surface area contributed by atoms with Gasteiger partial charge >= 0.3 is 5.97 Å². The van der Waals surface area contributed by atoms with E-state index in [0.29, 0.717) is 5.00 Å². The molecule has 1 amide bonds. The Kier molecular flexibility index (Phi) is 4.51. The second-order valence-electron chi connectivity index (χ2n) is 3.74. The molecule has 0 aromatic carbocycles. The fourth-order valence-corrected chi connectivity index (χ4v) is 2.08. The van der Waals surface area contributed by atoms with Crippen molar-refractivity contribution < 1.29 is 14.3 Å². The number of thiophene rings is 1. The zero-order valence-electron chi connectivity index (χ0n) is 10.1. The van der Waals surface area contributed by atoms with Crippen molar-refractivity contribution in [3.05, 3.63) is 16.5 Å². The molecule has 94 valence electrons. The predicted molar refractivity (Wildman–Crippen MR) is 67.3 cm³/mol. The first kappa shape index (κ1) is 13.5. The van der Waals surface area contributed by atoms with Crippen LogP contribution in [0.2, 0.25) is 0 Å². The third-order valence-corrected chi connectivity index (χ3v) is 2.77. The van der Waals surface area contributed by atoms with Crippen LogP contribution in [0.25, 0.3) is 0 Å². The van der Waals surface area contributed by atoms with Crippen molar-refractivity contribution in [2.75, 3.05) is 12.3 Å². The van der Waals surface area contributed by atoms with Gasteiger partial charge in [0.25, 0.3) is 5.91 Å². The van der Waals surface area contributed by atoms with Crippen molar-refractivity contribution in [3.8, 4) is 0 Å². The van der Waals surface area contributed by atoms with E-state index in [0.717, 1.165) is 11.3 Å². The maximum Gasteiger partial charge on any atom is 0.339 e. The topological polar surface area (TPSA) is 81.4 Å². The van der Waals surface area contributed by atoms with Gasteiger partial charge in [-0.1, -0.05) is 0 Å². The number of anilines is 1. The number of ether oxygens (including phenoxy) is 1. The van der Waals surface area contributed by atoms with Crippen LogP contribution in [0.1, 0.15) is 41.5 Å². The summed E-state index contributed by atoms with van der Waals surface area (Å²) >= 11 is 1.16. The van der Waals surface area contributed by atoms with Crippen LogP contribution in [0.5, 0.6) is 0 Å². The minimum Gasteiger partial charge on any atom is -0.462 e.